The molecule has 2 amide bonds. The first-order chi connectivity index (χ1) is 13.4. The number of benzene rings is 2. The Kier molecular flexibility index (Phi) is 4.57. The van der Waals surface area contributed by atoms with Crippen LogP contribution in [0, 0.1) is 12.7 Å². The number of aryl methyl sites for hydroxylation is 1. The molecule has 1 atom stereocenters. The molecule has 2 aliphatic rings. The zero-order chi connectivity index (χ0) is 19.9. The fourth-order valence-corrected chi connectivity index (χ4v) is 3.81. The van der Waals surface area contributed by atoms with E-state index in [1.165, 1.54) is 17.7 Å². The molecule has 0 heterocycles. The van der Waals surface area contributed by atoms with Gasteiger partial charge in [-0.3, -0.25) is 9.59 Å². The zero-order valence-corrected chi connectivity index (χ0v) is 16.1. The van der Waals surface area contributed by atoms with E-state index in [1.54, 1.807) is 13.1 Å². The summed E-state index contributed by atoms with van der Waals surface area (Å²) in [6, 6.07) is 10.6. The Morgan fingerprint density at radius 1 is 1.21 bits per heavy atom. The van der Waals surface area contributed by atoms with Gasteiger partial charge in [-0.05, 0) is 49.4 Å². The minimum atomic E-state index is -0.466. The number of hydrogen-bond acceptors (Lipinski definition) is 3. The first-order valence-electron chi connectivity index (χ1n) is 9.58. The molecule has 1 fully saturated rings. The van der Waals surface area contributed by atoms with E-state index in [2.05, 4.69) is 34.1 Å². The summed E-state index contributed by atoms with van der Waals surface area (Å²) in [5.41, 5.74) is 3.49. The molecule has 1 unspecified atom stereocenters. The van der Waals surface area contributed by atoms with Crippen LogP contribution in [0.2, 0.25) is 0 Å². The van der Waals surface area contributed by atoms with Crippen molar-refractivity contribution in [3.8, 4) is 0 Å². The van der Waals surface area contributed by atoms with Crippen LogP contribution in [0.3, 0.4) is 0 Å². The Bertz CT molecular complexity index is 953. The number of para-hydroxylation sites is 1. The number of nitrogens with one attached hydrogen (secondary N) is 3. The lowest BCUT2D eigenvalue weighted by molar-refractivity contribution is -0.123. The number of amides is 2. The molecular formula is C22H24FN3O2. The maximum absolute atomic E-state index is 13.9. The van der Waals surface area contributed by atoms with E-state index >= 15 is 0 Å². The van der Waals surface area contributed by atoms with Gasteiger partial charge in [-0.25, -0.2) is 4.39 Å². The van der Waals surface area contributed by atoms with E-state index in [4.69, 9.17) is 0 Å². The topological polar surface area (TPSA) is 70.2 Å². The largest absolute Gasteiger partial charge is 0.385 e. The van der Waals surface area contributed by atoms with Gasteiger partial charge in [-0.15, -0.1) is 0 Å². The molecule has 6 heteroatoms. The molecule has 0 spiro atoms. The van der Waals surface area contributed by atoms with Gasteiger partial charge in [-0.2, -0.15) is 0 Å². The summed E-state index contributed by atoms with van der Waals surface area (Å²) in [4.78, 5) is 25.2. The van der Waals surface area contributed by atoms with Crippen molar-refractivity contribution < 1.29 is 14.0 Å². The summed E-state index contributed by atoms with van der Waals surface area (Å²) < 4.78 is 13.9. The Morgan fingerprint density at radius 3 is 2.71 bits per heavy atom. The fraction of sp³-hybridized carbons (Fsp3) is 0.364. The standard InChI is InChI=1S/C22H24FN3O2/c1-13-6-7-14-11-17(16(14)10-13)20(27)25-12-22(8-9-22)26-21(28)15-4-3-5-18(23)19(15)24-2/h3-7,10,17,24H,8-9,11-12H2,1-2H3,(H,25,27)(H,26,28). The number of carbonyl (C=O) groups is 2. The lowest BCUT2D eigenvalue weighted by atomic mass is 9.76. The molecule has 146 valence electrons. The molecule has 3 N–H and O–H groups in total. The Hall–Kier alpha value is -2.89. The van der Waals surface area contributed by atoms with Gasteiger partial charge in [0.15, 0.2) is 0 Å². The average Bonchev–Trinajstić information content (AvgIpc) is 3.42. The fourth-order valence-electron chi connectivity index (χ4n) is 3.81. The van der Waals surface area contributed by atoms with E-state index < -0.39 is 11.4 Å². The van der Waals surface area contributed by atoms with Crippen molar-refractivity contribution in [1.82, 2.24) is 10.6 Å². The van der Waals surface area contributed by atoms with Crippen LogP contribution >= 0.6 is 0 Å². The summed E-state index contributed by atoms with van der Waals surface area (Å²) in [5.74, 6) is -0.909. The second kappa shape index (κ2) is 6.93. The monoisotopic (exact) mass is 381 g/mol. The molecule has 2 aromatic carbocycles. The Morgan fingerprint density at radius 2 is 2.00 bits per heavy atom. The van der Waals surface area contributed by atoms with E-state index in [1.807, 2.05) is 6.92 Å². The minimum absolute atomic E-state index is 0.000272. The lowest BCUT2D eigenvalue weighted by Crippen LogP contribution is -2.47. The molecule has 0 saturated heterocycles. The quantitative estimate of drug-likeness (QED) is 0.721. The third-order valence-electron chi connectivity index (χ3n) is 5.76. The highest BCUT2D eigenvalue weighted by molar-refractivity contribution is 6.00. The van der Waals surface area contributed by atoms with E-state index in [-0.39, 0.29) is 29.0 Å². The van der Waals surface area contributed by atoms with Crippen LogP contribution < -0.4 is 16.0 Å². The van der Waals surface area contributed by atoms with Gasteiger partial charge in [0.05, 0.1) is 22.7 Å². The SMILES string of the molecule is CNc1c(F)cccc1C(=O)NC1(CNC(=O)C2Cc3ccc(C)cc32)CC1. The zero-order valence-electron chi connectivity index (χ0n) is 16.1. The smallest absolute Gasteiger partial charge is 0.253 e. The van der Waals surface area contributed by atoms with Crippen molar-refractivity contribution in [2.24, 2.45) is 0 Å². The summed E-state index contributed by atoms with van der Waals surface area (Å²) in [6.07, 6.45) is 2.35. The first kappa shape index (κ1) is 18.5. The van der Waals surface area contributed by atoms with Crippen molar-refractivity contribution in [2.45, 2.75) is 37.6 Å². The van der Waals surface area contributed by atoms with E-state index in [9.17, 15) is 14.0 Å². The van der Waals surface area contributed by atoms with Gasteiger partial charge in [0.2, 0.25) is 5.91 Å². The molecule has 2 aliphatic carbocycles. The first-order valence-corrected chi connectivity index (χ1v) is 9.58. The van der Waals surface area contributed by atoms with E-state index in [0.29, 0.717) is 6.54 Å². The Labute approximate surface area is 163 Å². The maximum Gasteiger partial charge on any atom is 0.253 e. The van der Waals surface area contributed by atoms with Crippen LogP contribution in [-0.4, -0.2) is 30.9 Å². The lowest BCUT2D eigenvalue weighted by Gasteiger charge is -2.30. The highest BCUT2D eigenvalue weighted by Crippen LogP contribution is 2.38. The van der Waals surface area contributed by atoms with Crippen LogP contribution in [-0.2, 0) is 11.2 Å². The number of carbonyl (C=O) groups excluding carboxylic acids is 2. The number of hydrogen-bond donors (Lipinski definition) is 3. The van der Waals surface area contributed by atoms with Crippen molar-refractivity contribution in [3.05, 3.63) is 64.5 Å². The molecule has 0 radical (unpaired) electrons. The normalized spacial score (nSPS) is 18.5. The van der Waals surface area contributed by atoms with Gasteiger partial charge < -0.3 is 16.0 Å². The predicted octanol–water partition coefficient (Wildman–Crippen LogP) is 2.89. The minimum Gasteiger partial charge on any atom is -0.385 e. The number of rotatable bonds is 6. The molecular weight excluding hydrogens is 357 g/mol. The van der Waals surface area contributed by atoms with Gasteiger partial charge in [-0.1, -0.05) is 29.8 Å². The molecule has 0 bridgehead atoms. The third-order valence-corrected chi connectivity index (χ3v) is 5.76. The summed E-state index contributed by atoms with van der Waals surface area (Å²) in [5, 5.41) is 8.72. The molecule has 2 aromatic rings. The van der Waals surface area contributed by atoms with Crippen LogP contribution in [0.5, 0.6) is 0 Å². The van der Waals surface area contributed by atoms with Crippen molar-refractivity contribution in [1.29, 1.82) is 0 Å². The second-order valence-corrected chi connectivity index (χ2v) is 7.82. The van der Waals surface area contributed by atoms with Crippen molar-refractivity contribution in [3.63, 3.8) is 0 Å². The molecule has 5 nitrogen and oxygen atoms in total. The highest BCUT2D eigenvalue weighted by atomic mass is 19.1. The Balaban J connectivity index is 1.38. The maximum atomic E-state index is 13.9. The number of halogens is 1. The van der Waals surface area contributed by atoms with Gasteiger partial charge in [0, 0.05) is 13.6 Å². The van der Waals surface area contributed by atoms with Crippen molar-refractivity contribution >= 4 is 17.5 Å². The summed E-state index contributed by atoms with van der Waals surface area (Å²) in [6.45, 7) is 2.41. The molecule has 1 saturated carbocycles. The third kappa shape index (κ3) is 3.35. The molecule has 0 aliphatic heterocycles. The van der Waals surface area contributed by atoms with Gasteiger partial charge in [0.1, 0.15) is 5.82 Å². The summed E-state index contributed by atoms with van der Waals surface area (Å²) in [7, 11) is 1.58. The second-order valence-electron chi connectivity index (χ2n) is 7.82. The highest BCUT2D eigenvalue weighted by Gasteiger charge is 2.45. The van der Waals surface area contributed by atoms with Crippen LogP contribution in [0.1, 0.15) is 45.8 Å². The molecule has 0 aromatic heterocycles. The average molecular weight is 381 g/mol. The molecule has 4 rings (SSSR count). The number of fused-ring (bicyclic) bond motifs is 1. The van der Waals surface area contributed by atoms with Crippen LogP contribution in [0.25, 0.3) is 0 Å². The van der Waals surface area contributed by atoms with Crippen molar-refractivity contribution in [2.75, 3.05) is 18.9 Å². The predicted molar refractivity (Wildman–Crippen MR) is 106 cm³/mol. The molecule has 28 heavy (non-hydrogen) atoms. The summed E-state index contributed by atoms with van der Waals surface area (Å²) >= 11 is 0. The van der Waals surface area contributed by atoms with Crippen LogP contribution in [0.4, 0.5) is 10.1 Å². The van der Waals surface area contributed by atoms with Gasteiger partial charge >= 0.3 is 0 Å². The van der Waals surface area contributed by atoms with E-state index in [0.717, 1.165) is 30.4 Å². The number of anilines is 1. The van der Waals surface area contributed by atoms with Gasteiger partial charge in [0.25, 0.3) is 5.91 Å². The van der Waals surface area contributed by atoms with Crippen LogP contribution in [0.15, 0.2) is 36.4 Å².